The molecule has 0 radical (unpaired) electrons. The summed E-state index contributed by atoms with van der Waals surface area (Å²) in [6.07, 6.45) is 0.0330. The van der Waals surface area contributed by atoms with E-state index in [9.17, 15) is 9.59 Å². The van der Waals surface area contributed by atoms with Crippen molar-refractivity contribution in [1.82, 2.24) is 4.90 Å². The van der Waals surface area contributed by atoms with Crippen molar-refractivity contribution in [1.29, 1.82) is 0 Å². The molecule has 1 saturated carbocycles. The van der Waals surface area contributed by atoms with Crippen LogP contribution in [0.2, 0.25) is 0 Å². The van der Waals surface area contributed by atoms with Gasteiger partial charge in [-0.1, -0.05) is 13.8 Å². The van der Waals surface area contributed by atoms with Gasteiger partial charge in [0.1, 0.15) is 0 Å². The molecule has 1 amide bonds. The number of carbonyl (C=O) groups excluding carboxylic acids is 1. The van der Waals surface area contributed by atoms with E-state index in [-0.39, 0.29) is 24.0 Å². The largest absolute Gasteiger partial charge is 0.481 e. The molecule has 4 atom stereocenters. The first kappa shape index (κ1) is 13.3. The quantitative estimate of drug-likeness (QED) is 0.798. The summed E-state index contributed by atoms with van der Waals surface area (Å²) in [7, 11) is 0. The number of carboxylic acid groups (broad SMARTS) is 1. The van der Waals surface area contributed by atoms with E-state index in [0.717, 1.165) is 0 Å². The highest BCUT2D eigenvalue weighted by Crippen LogP contribution is 2.59. The smallest absolute Gasteiger partial charge is 0.307 e. The van der Waals surface area contributed by atoms with Crippen molar-refractivity contribution in [3.05, 3.63) is 0 Å². The maximum Gasteiger partial charge on any atom is 0.307 e. The fourth-order valence-corrected chi connectivity index (χ4v) is 3.11. The molecule has 0 spiro atoms. The van der Waals surface area contributed by atoms with Crippen LogP contribution in [0.3, 0.4) is 0 Å². The molecule has 0 aromatic rings. The minimum Gasteiger partial charge on any atom is -0.481 e. The number of amides is 1. The Balaban J connectivity index is 2.07. The van der Waals surface area contributed by atoms with Gasteiger partial charge >= 0.3 is 5.97 Å². The van der Waals surface area contributed by atoms with Crippen LogP contribution in [0.4, 0.5) is 0 Å². The second-order valence-corrected chi connectivity index (χ2v) is 6.12. The number of ether oxygens (including phenoxy) is 1. The molecular weight excluding hydrogens is 234 g/mol. The van der Waals surface area contributed by atoms with Crippen LogP contribution in [0.1, 0.15) is 27.7 Å². The van der Waals surface area contributed by atoms with Crippen LogP contribution in [0.15, 0.2) is 0 Å². The zero-order valence-electron chi connectivity index (χ0n) is 11.3. The minimum atomic E-state index is -0.868. The van der Waals surface area contributed by atoms with Crippen molar-refractivity contribution in [2.24, 2.45) is 17.3 Å². The number of aliphatic carboxylic acids is 1. The van der Waals surface area contributed by atoms with Crippen LogP contribution in [-0.2, 0) is 14.3 Å². The SMILES string of the molecule is CC1CN(C(=O)C2C(C(=O)O)C2(C)C)CC(C)O1. The number of hydrogen-bond donors (Lipinski definition) is 1. The van der Waals surface area contributed by atoms with Gasteiger partial charge in [0.15, 0.2) is 0 Å². The van der Waals surface area contributed by atoms with Crippen LogP contribution in [0.5, 0.6) is 0 Å². The zero-order valence-corrected chi connectivity index (χ0v) is 11.3. The van der Waals surface area contributed by atoms with Crippen LogP contribution >= 0.6 is 0 Å². The molecule has 0 bridgehead atoms. The molecule has 18 heavy (non-hydrogen) atoms. The predicted molar refractivity (Wildman–Crippen MR) is 65.0 cm³/mol. The Morgan fingerprint density at radius 3 is 2.06 bits per heavy atom. The van der Waals surface area contributed by atoms with E-state index in [2.05, 4.69) is 0 Å². The average molecular weight is 255 g/mol. The number of carboxylic acids is 1. The van der Waals surface area contributed by atoms with Gasteiger partial charge in [0.05, 0.1) is 24.0 Å². The van der Waals surface area contributed by atoms with Gasteiger partial charge < -0.3 is 14.7 Å². The van der Waals surface area contributed by atoms with E-state index in [1.165, 1.54) is 0 Å². The van der Waals surface area contributed by atoms with Gasteiger partial charge in [-0.25, -0.2) is 0 Å². The number of nitrogens with zero attached hydrogens (tertiary/aromatic N) is 1. The highest BCUT2D eigenvalue weighted by atomic mass is 16.5. The molecule has 1 aliphatic carbocycles. The van der Waals surface area contributed by atoms with Gasteiger partial charge in [0.2, 0.25) is 5.91 Å². The second kappa shape index (κ2) is 4.23. The van der Waals surface area contributed by atoms with E-state index in [1.807, 2.05) is 27.7 Å². The standard InChI is InChI=1S/C13H21NO4/c1-7-5-14(6-8(2)18-7)11(15)9-10(12(16)17)13(9,3)4/h7-10H,5-6H2,1-4H3,(H,16,17). The predicted octanol–water partition coefficient (Wildman–Crippen LogP) is 0.979. The lowest BCUT2D eigenvalue weighted by molar-refractivity contribution is -0.147. The molecule has 5 heteroatoms. The number of rotatable bonds is 2. The molecular formula is C13H21NO4. The molecule has 2 aliphatic rings. The van der Waals surface area contributed by atoms with E-state index >= 15 is 0 Å². The molecule has 1 saturated heterocycles. The number of carbonyl (C=O) groups is 2. The van der Waals surface area contributed by atoms with Crippen molar-refractivity contribution in [2.75, 3.05) is 13.1 Å². The Labute approximate surface area is 107 Å². The van der Waals surface area contributed by atoms with Crippen LogP contribution in [-0.4, -0.2) is 47.2 Å². The maximum atomic E-state index is 12.4. The Kier molecular flexibility index (Phi) is 3.13. The molecule has 0 aromatic carbocycles. The van der Waals surface area contributed by atoms with Crippen molar-refractivity contribution in [3.63, 3.8) is 0 Å². The molecule has 4 unspecified atom stereocenters. The van der Waals surface area contributed by atoms with E-state index in [0.29, 0.717) is 13.1 Å². The van der Waals surface area contributed by atoms with Crippen molar-refractivity contribution < 1.29 is 19.4 Å². The first-order chi connectivity index (χ1) is 8.25. The maximum absolute atomic E-state index is 12.4. The zero-order chi connectivity index (χ0) is 13.7. The van der Waals surface area contributed by atoms with Gasteiger partial charge in [-0.15, -0.1) is 0 Å². The third kappa shape index (κ3) is 2.11. The third-order valence-electron chi connectivity index (χ3n) is 4.09. The van der Waals surface area contributed by atoms with E-state index < -0.39 is 17.3 Å². The summed E-state index contributed by atoms with van der Waals surface area (Å²) in [5.41, 5.74) is -0.423. The van der Waals surface area contributed by atoms with Gasteiger partial charge in [-0.2, -0.15) is 0 Å². The molecule has 0 aromatic heterocycles. The Hall–Kier alpha value is -1.10. The third-order valence-corrected chi connectivity index (χ3v) is 4.09. The highest BCUT2D eigenvalue weighted by Gasteiger charge is 2.66. The summed E-state index contributed by atoms with van der Waals surface area (Å²) in [6, 6.07) is 0. The Morgan fingerprint density at radius 2 is 1.67 bits per heavy atom. The van der Waals surface area contributed by atoms with Crippen LogP contribution in [0, 0.1) is 17.3 Å². The normalized spacial score (nSPS) is 38.3. The summed E-state index contributed by atoms with van der Waals surface area (Å²) >= 11 is 0. The summed E-state index contributed by atoms with van der Waals surface area (Å²) in [4.78, 5) is 25.3. The van der Waals surface area contributed by atoms with Crippen molar-refractivity contribution >= 4 is 11.9 Å². The van der Waals surface area contributed by atoms with Crippen molar-refractivity contribution in [2.45, 2.75) is 39.9 Å². The van der Waals surface area contributed by atoms with Crippen LogP contribution in [0.25, 0.3) is 0 Å². The molecule has 2 rings (SSSR count). The number of morpholine rings is 1. The first-order valence-electron chi connectivity index (χ1n) is 6.42. The summed E-state index contributed by atoms with van der Waals surface area (Å²) in [5, 5.41) is 9.12. The number of hydrogen-bond acceptors (Lipinski definition) is 3. The van der Waals surface area contributed by atoms with Crippen molar-refractivity contribution in [3.8, 4) is 0 Å². The minimum absolute atomic E-state index is 0.0165. The van der Waals surface area contributed by atoms with E-state index in [1.54, 1.807) is 4.90 Å². The van der Waals surface area contributed by atoms with Gasteiger partial charge in [0.25, 0.3) is 0 Å². The van der Waals surface area contributed by atoms with Gasteiger partial charge in [-0.3, -0.25) is 9.59 Å². The Morgan fingerprint density at radius 1 is 1.17 bits per heavy atom. The van der Waals surface area contributed by atoms with Crippen LogP contribution < -0.4 is 0 Å². The molecule has 102 valence electrons. The monoisotopic (exact) mass is 255 g/mol. The first-order valence-corrected chi connectivity index (χ1v) is 6.42. The van der Waals surface area contributed by atoms with Gasteiger partial charge in [0, 0.05) is 13.1 Å². The molecule has 5 nitrogen and oxygen atoms in total. The molecule has 1 N–H and O–H groups in total. The average Bonchev–Trinajstić information content (AvgIpc) is 2.79. The summed E-state index contributed by atoms with van der Waals surface area (Å²) in [6.45, 7) is 8.68. The topological polar surface area (TPSA) is 66.8 Å². The molecule has 1 heterocycles. The molecule has 2 fully saturated rings. The fraction of sp³-hybridized carbons (Fsp3) is 0.846. The summed E-state index contributed by atoms with van der Waals surface area (Å²) < 4.78 is 5.58. The summed E-state index contributed by atoms with van der Waals surface area (Å²) in [5.74, 6) is -1.83. The molecule has 1 aliphatic heterocycles. The Bertz CT molecular complexity index is 369. The second-order valence-electron chi connectivity index (χ2n) is 6.12. The lowest BCUT2D eigenvalue weighted by Crippen LogP contribution is -2.49. The van der Waals surface area contributed by atoms with Gasteiger partial charge in [-0.05, 0) is 19.3 Å². The lowest BCUT2D eigenvalue weighted by Gasteiger charge is -2.35. The lowest BCUT2D eigenvalue weighted by atomic mass is 10.1. The highest BCUT2D eigenvalue weighted by molar-refractivity contribution is 5.91. The van der Waals surface area contributed by atoms with E-state index in [4.69, 9.17) is 9.84 Å². The fourth-order valence-electron chi connectivity index (χ4n) is 3.11.